The van der Waals surface area contributed by atoms with Gasteiger partial charge in [0, 0.05) is 43.3 Å². The Bertz CT molecular complexity index is 731. The molecule has 0 radical (unpaired) electrons. The Balaban J connectivity index is 1.38. The highest BCUT2D eigenvalue weighted by Gasteiger charge is 2.24. The first-order chi connectivity index (χ1) is 14.4. The SMILES string of the molecule is CC(C)COC(=O)NC1CCN(C[C@H](O)COc2cccc3c2CCC(=O)N3)CC1. The maximum absolute atomic E-state index is 11.8. The van der Waals surface area contributed by atoms with E-state index >= 15 is 0 Å². The number of aliphatic hydroxyl groups excluding tert-OH is 1. The Labute approximate surface area is 177 Å². The highest BCUT2D eigenvalue weighted by atomic mass is 16.5. The summed E-state index contributed by atoms with van der Waals surface area (Å²) in [5, 5.41) is 16.2. The zero-order valence-electron chi connectivity index (χ0n) is 17.9. The molecule has 166 valence electrons. The molecule has 8 nitrogen and oxygen atoms in total. The van der Waals surface area contributed by atoms with E-state index in [9.17, 15) is 14.7 Å². The molecule has 2 aliphatic heterocycles. The molecule has 1 aromatic carbocycles. The molecule has 3 rings (SSSR count). The first kappa shape index (κ1) is 22.4. The van der Waals surface area contributed by atoms with Crippen molar-refractivity contribution in [2.24, 2.45) is 5.92 Å². The van der Waals surface area contributed by atoms with Gasteiger partial charge in [-0.3, -0.25) is 4.79 Å². The largest absolute Gasteiger partial charge is 0.490 e. The monoisotopic (exact) mass is 419 g/mol. The van der Waals surface area contributed by atoms with Crippen LogP contribution in [0.4, 0.5) is 10.5 Å². The zero-order chi connectivity index (χ0) is 21.5. The van der Waals surface area contributed by atoms with Crippen molar-refractivity contribution in [1.82, 2.24) is 10.2 Å². The van der Waals surface area contributed by atoms with Crippen molar-refractivity contribution in [1.29, 1.82) is 0 Å². The molecule has 0 unspecified atom stereocenters. The van der Waals surface area contributed by atoms with Crippen molar-refractivity contribution < 1.29 is 24.2 Å². The van der Waals surface area contributed by atoms with Crippen LogP contribution in [0.5, 0.6) is 5.75 Å². The molecule has 1 saturated heterocycles. The summed E-state index contributed by atoms with van der Waals surface area (Å²) in [5.41, 5.74) is 1.78. The summed E-state index contributed by atoms with van der Waals surface area (Å²) in [7, 11) is 0. The normalized spacial score (nSPS) is 18.5. The number of piperidine rings is 1. The Kier molecular flexibility index (Phi) is 7.93. The van der Waals surface area contributed by atoms with Gasteiger partial charge in [-0.2, -0.15) is 0 Å². The maximum Gasteiger partial charge on any atom is 0.407 e. The lowest BCUT2D eigenvalue weighted by Gasteiger charge is -2.33. The van der Waals surface area contributed by atoms with Crippen LogP contribution in [-0.4, -0.2) is 67.0 Å². The van der Waals surface area contributed by atoms with Crippen LogP contribution in [0, 0.1) is 5.92 Å². The summed E-state index contributed by atoms with van der Waals surface area (Å²) in [4.78, 5) is 25.5. The number of likely N-dealkylation sites (tertiary alicyclic amines) is 1. The number of carbonyl (C=O) groups is 2. The fraction of sp³-hybridized carbons (Fsp3) is 0.636. The van der Waals surface area contributed by atoms with Gasteiger partial charge in [0.05, 0.1) is 6.61 Å². The number of rotatable bonds is 8. The van der Waals surface area contributed by atoms with E-state index in [-0.39, 0.29) is 24.6 Å². The molecule has 3 N–H and O–H groups in total. The number of hydrogen-bond donors (Lipinski definition) is 3. The predicted octanol–water partition coefficient (Wildman–Crippen LogP) is 2.16. The summed E-state index contributed by atoms with van der Waals surface area (Å²) in [6, 6.07) is 5.70. The van der Waals surface area contributed by atoms with Crippen molar-refractivity contribution >= 4 is 17.7 Å². The highest BCUT2D eigenvalue weighted by Crippen LogP contribution is 2.31. The standard InChI is InChI=1S/C22H33N3O5/c1-15(2)13-30-22(28)23-16-8-10-25(11-9-16)12-17(26)14-29-20-5-3-4-19-18(20)6-7-21(27)24-19/h3-5,15-17,26H,6-14H2,1-2H3,(H,23,28)(H,24,27)/t17-/m0/s1. The van der Waals surface area contributed by atoms with Crippen LogP contribution in [0.15, 0.2) is 18.2 Å². The Morgan fingerprint density at radius 2 is 2.03 bits per heavy atom. The number of benzene rings is 1. The van der Waals surface area contributed by atoms with E-state index in [2.05, 4.69) is 15.5 Å². The minimum Gasteiger partial charge on any atom is -0.490 e. The number of nitrogens with one attached hydrogen (secondary N) is 2. The van der Waals surface area contributed by atoms with Gasteiger partial charge >= 0.3 is 6.09 Å². The molecule has 2 aliphatic rings. The van der Waals surface area contributed by atoms with E-state index in [1.165, 1.54) is 0 Å². The molecule has 2 heterocycles. The molecule has 0 aliphatic carbocycles. The lowest BCUT2D eigenvalue weighted by Crippen LogP contribution is -2.47. The van der Waals surface area contributed by atoms with E-state index in [1.54, 1.807) is 0 Å². The Hall–Kier alpha value is -2.32. The average Bonchev–Trinajstić information content (AvgIpc) is 2.72. The minimum atomic E-state index is -0.612. The van der Waals surface area contributed by atoms with Gasteiger partial charge < -0.3 is 30.1 Å². The van der Waals surface area contributed by atoms with E-state index in [0.29, 0.717) is 31.9 Å². The first-order valence-corrected chi connectivity index (χ1v) is 10.8. The van der Waals surface area contributed by atoms with Gasteiger partial charge in [-0.15, -0.1) is 0 Å². The number of hydrogen-bond acceptors (Lipinski definition) is 6. The molecule has 0 aromatic heterocycles. The molecule has 0 bridgehead atoms. The molecular weight excluding hydrogens is 386 g/mol. The maximum atomic E-state index is 11.8. The van der Waals surface area contributed by atoms with Gasteiger partial charge in [0.2, 0.25) is 5.91 Å². The Morgan fingerprint density at radius 3 is 2.77 bits per heavy atom. The van der Waals surface area contributed by atoms with Crippen LogP contribution in [0.3, 0.4) is 0 Å². The van der Waals surface area contributed by atoms with E-state index in [1.807, 2.05) is 32.0 Å². The lowest BCUT2D eigenvalue weighted by atomic mass is 10.0. The number of ether oxygens (including phenoxy) is 2. The van der Waals surface area contributed by atoms with Crippen LogP contribution in [0.2, 0.25) is 0 Å². The molecule has 1 fully saturated rings. The average molecular weight is 420 g/mol. The zero-order valence-corrected chi connectivity index (χ0v) is 17.9. The second-order valence-electron chi connectivity index (χ2n) is 8.51. The number of nitrogens with zero attached hydrogens (tertiary/aromatic N) is 1. The van der Waals surface area contributed by atoms with Crippen LogP contribution < -0.4 is 15.4 Å². The van der Waals surface area contributed by atoms with Crippen molar-refractivity contribution in [2.75, 3.05) is 38.2 Å². The smallest absolute Gasteiger partial charge is 0.407 e. The second kappa shape index (κ2) is 10.6. The Morgan fingerprint density at radius 1 is 1.27 bits per heavy atom. The number of fused-ring (bicyclic) bond motifs is 1. The summed E-state index contributed by atoms with van der Waals surface area (Å²) in [6.07, 6.45) is 1.79. The van der Waals surface area contributed by atoms with Gasteiger partial charge in [0.15, 0.2) is 0 Å². The van der Waals surface area contributed by atoms with E-state index in [4.69, 9.17) is 9.47 Å². The number of anilines is 1. The number of carbonyl (C=O) groups excluding carboxylic acids is 2. The van der Waals surface area contributed by atoms with Gasteiger partial charge in [-0.05, 0) is 37.3 Å². The predicted molar refractivity (Wildman–Crippen MR) is 114 cm³/mol. The molecule has 1 atom stereocenters. The van der Waals surface area contributed by atoms with Crippen LogP contribution in [0.25, 0.3) is 0 Å². The van der Waals surface area contributed by atoms with Gasteiger partial charge in [0.25, 0.3) is 0 Å². The van der Waals surface area contributed by atoms with Crippen LogP contribution in [-0.2, 0) is 16.0 Å². The fourth-order valence-electron chi connectivity index (χ4n) is 3.77. The second-order valence-corrected chi connectivity index (χ2v) is 8.51. The van der Waals surface area contributed by atoms with Crippen molar-refractivity contribution in [3.05, 3.63) is 23.8 Å². The molecule has 8 heteroatoms. The highest BCUT2D eigenvalue weighted by molar-refractivity contribution is 5.94. The summed E-state index contributed by atoms with van der Waals surface area (Å²) in [6.45, 7) is 6.77. The lowest BCUT2D eigenvalue weighted by molar-refractivity contribution is -0.116. The van der Waals surface area contributed by atoms with Crippen LogP contribution in [0.1, 0.15) is 38.7 Å². The van der Waals surface area contributed by atoms with Crippen LogP contribution >= 0.6 is 0 Å². The molecule has 30 heavy (non-hydrogen) atoms. The number of aliphatic hydroxyl groups is 1. The molecule has 2 amide bonds. The molecule has 0 saturated carbocycles. The molecule has 0 spiro atoms. The number of amides is 2. The summed E-state index contributed by atoms with van der Waals surface area (Å²) in [5.74, 6) is 1.06. The number of alkyl carbamates (subject to hydrolysis) is 1. The van der Waals surface area contributed by atoms with Crippen molar-refractivity contribution in [3.63, 3.8) is 0 Å². The topological polar surface area (TPSA) is 100 Å². The van der Waals surface area contributed by atoms with E-state index in [0.717, 1.165) is 42.9 Å². The summed E-state index contributed by atoms with van der Waals surface area (Å²) < 4.78 is 11.0. The van der Waals surface area contributed by atoms with Crippen molar-refractivity contribution in [3.8, 4) is 5.75 Å². The van der Waals surface area contributed by atoms with Gasteiger partial charge in [0.1, 0.15) is 18.5 Å². The molecular formula is C22H33N3O5. The third-order valence-corrected chi connectivity index (χ3v) is 5.37. The minimum absolute atomic E-state index is 0.0192. The van der Waals surface area contributed by atoms with Crippen molar-refractivity contribution in [2.45, 2.75) is 51.7 Å². The third kappa shape index (κ3) is 6.60. The fourth-order valence-corrected chi connectivity index (χ4v) is 3.77. The quantitative estimate of drug-likeness (QED) is 0.597. The molecule has 1 aromatic rings. The number of β-amino-alcohol motifs (C(OH)–C–C–N with tert-alkyl or cyclic N) is 1. The third-order valence-electron chi connectivity index (χ3n) is 5.37. The van der Waals surface area contributed by atoms with Gasteiger partial charge in [-0.25, -0.2) is 4.79 Å². The summed E-state index contributed by atoms with van der Waals surface area (Å²) >= 11 is 0. The first-order valence-electron chi connectivity index (χ1n) is 10.8. The van der Waals surface area contributed by atoms with E-state index < -0.39 is 6.10 Å². The van der Waals surface area contributed by atoms with Gasteiger partial charge in [-0.1, -0.05) is 19.9 Å².